The van der Waals surface area contributed by atoms with Crippen molar-refractivity contribution < 1.29 is 13.9 Å². The molecule has 6 heteroatoms. The Labute approximate surface area is 164 Å². The molecule has 1 fully saturated rings. The number of rotatable bonds is 7. The minimum Gasteiger partial charge on any atom is -0.497 e. The van der Waals surface area contributed by atoms with E-state index in [4.69, 9.17) is 9.47 Å². The maximum atomic E-state index is 13.0. The fraction of sp³-hybridized carbons (Fsp3) is 0.318. The minimum atomic E-state index is -0.268. The van der Waals surface area contributed by atoms with Crippen molar-refractivity contribution in [2.45, 2.75) is 25.5 Å². The molecule has 1 aromatic heterocycles. The van der Waals surface area contributed by atoms with Gasteiger partial charge in [0.15, 0.2) is 0 Å². The fourth-order valence-electron chi connectivity index (χ4n) is 3.60. The van der Waals surface area contributed by atoms with E-state index < -0.39 is 0 Å². The number of hydrogen-bond acceptors (Lipinski definition) is 4. The summed E-state index contributed by atoms with van der Waals surface area (Å²) in [5.41, 5.74) is 3.26. The third kappa shape index (κ3) is 4.51. The summed E-state index contributed by atoms with van der Waals surface area (Å²) >= 11 is 0. The van der Waals surface area contributed by atoms with Gasteiger partial charge in [-0.3, -0.25) is 10.00 Å². The second-order valence-corrected chi connectivity index (χ2v) is 7.13. The van der Waals surface area contributed by atoms with Gasteiger partial charge in [-0.2, -0.15) is 5.10 Å². The van der Waals surface area contributed by atoms with E-state index in [0.717, 1.165) is 43.2 Å². The van der Waals surface area contributed by atoms with E-state index in [-0.39, 0.29) is 5.82 Å². The van der Waals surface area contributed by atoms with Crippen molar-refractivity contribution in [3.8, 4) is 11.5 Å². The molecule has 0 saturated carbocycles. The monoisotopic (exact) mass is 381 g/mol. The molecule has 1 saturated heterocycles. The number of likely N-dealkylation sites (tertiary alicyclic amines) is 1. The third-order valence-corrected chi connectivity index (χ3v) is 5.09. The van der Waals surface area contributed by atoms with Crippen molar-refractivity contribution in [3.63, 3.8) is 0 Å². The van der Waals surface area contributed by atoms with E-state index in [2.05, 4.69) is 33.3 Å². The molecular formula is C22H24FN3O2. The molecule has 2 heterocycles. The molecule has 1 aliphatic rings. The smallest absolute Gasteiger partial charge is 0.130 e. The van der Waals surface area contributed by atoms with E-state index in [1.54, 1.807) is 19.2 Å². The SMILES string of the molecule is COc1cccc(CN2CC[C@@H](c3cc(COc4ccc(F)cc4)[nH]n3)C2)c1. The van der Waals surface area contributed by atoms with Crippen molar-refractivity contribution in [1.29, 1.82) is 0 Å². The first-order chi connectivity index (χ1) is 13.7. The van der Waals surface area contributed by atoms with E-state index in [0.29, 0.717) is 18.3 Å². The lowest BCUT2D eigenvalue weighted by Crippen LogP contribution is -2.19. The Morgan fingerprint density at radius 3 is 2.82 bits per heavy atom. The van der Waals surface area contributed by atoms with Crippen LogP contribution in [-0.4, -0.2) is 35.3 Å². The van der Waals surface area contributed by atoms with Crippen LogP contribution in [0.4, 0.5) is 4.39 Å². The Bertz CT molecular complexity index is 910. The van der Waals surface area contributed by atoms with Gasteiger partial charge in [0, 0.05) is 19.0 Å². The highest BCUT2D eigenvalue weighted by atomic mass is 19.1. The standard InChI is InChI=1S/C22H24FN3O2/c1-27-21-4-2-3-16(11-21)13-26-10-9-17(14-26)22-12-19(24-25-22)15-28-20-7-5-18(23)6-8-20/h2-8,11-12,17H,9-10,13-15H2,1H3,(H,24,25)/t17-/m1/s1. The number of hydrogen-bond donors (Lipinski definition) is 1. The number of nitrogens with one attached hydrogen (secondary N) is 1. The highest BCUT2D eigenvalue weighted by Gasteiger charge is 2.26. The Morgan fingerprint density at radius 2 is 2.00 bits per heavy atom. The van der Waals surface area contributed by atoms with Gasteiger partial charge in [0.2, 0.25) is 0 Å². The average Bonchev–Trinajstić information content (AvgIpc) is 3.37. The molecule has 0 spiro atoms. The molecule has 28 heavy (non-hydrogen) atoms. The molecule has 4 rings (SSSR count). The largest absolute Gasteiger partial charge is 0.497 e. The zero-order chi connectivity index (χ0) is 19.3. The van der Waals surface area contributed by atoms with Crippen molar-refractivity contribution in [3.05, 3.63) is 77.4 Å². The van der Waals surface area contributed by atoms with Crippen LogP contribution >= 0.6 is 0 Å². The van der Waals surface area contributed by atoms with Gasteiger partial charge in [-0.15, -0.1) is 0 Å². The lowest BCUT2D eigenvalue weighted by molar-refractivity contribution is 0.300. The van der Waals surface area contributed by atoms with Gasteiger partial charge in [0.05, 0.1) is 18.5 Å². The maximum absolute atomic E-state index is 13.0. The second-order valence-electron chi connectivity index (χ2n) is 7.13. The summed E-state index contributed by atoms with van der Waals surface area (Å²) in [5, 5.41) is 7.54. The molecule has 2 aromatic carbocycles. The quantitative estimate of drug-likeness (QED) is 0.669. The van der Waals surface area contributed by atoms with Gasteiger partial charge in [-0.05, 0) is 61.0 Å². The third-order valence-electron chi connectivity index (χ3n) is 5.09. The van der Waals surface area contributed by atoms with Crippen LogP contribution < -0.4 is 9.47 Å². The van der Waals surface area contributed by atoms with Crippen LogP contribution in [0.15, 0.2) is 54.6 Å². The van der Waals surface area contributed by atoms with Crippen molar-refractivity contribution >= 4 is 0 Å². The van der Waals surface area contributed by atoms with Crippen molar-refractivity contribution in [2.75, 3.05) is 20.2 Å². The van der Waals surface area contributed by atoms with E-state index in [1.165, 1.54) is 17.7 Å². The number of ether oxygens (including phenoxy) is 2. The Hall–Kier alpha value is -2.86. The van der Waals surface area contributed by atoms with Crippen LogP contribution in [0.2, 0.25) is 0 Å². The first-order valence-electron chi connectivity index (χ1n) is 9.47. The molecule has 0 aliphatic carbocycles. The Balaban J connectivity index is 1.31. The number of halogens is 1. The molecule has 5 nitrogen and oxygen atoms in total. The summed E-state index contributed by atoms with van der Waals surface area (Å²) in [6.07, 6.45) is 1.09. The molecule has 0 radical (unpaired) electrons. The average molecular weight is 381 g/mol. The fourth-order valence-corrected chi connectivity index (χ4v) is 3.60. The number of aromatic nitrogens is 2. The summed E-state index contributed by atoms with van der Waals surface area (Å²) in [6, 6.07) is 16.3. The molecule has 146 valence electrons. The van der Waals surface area contributed by atoms with Gasteiger partial charge in [-0.1, -0.05) is 12.1 Å². The second kappa shape index (κ2) is 8.44. The first kappa shape index (κ1) is 18.5. The number of H-pyrrole nitrogens is 1. The van der Waals surface area contributed by atoms with Gasteiger partial charge in [-0.25, -0.2) is 4.39 Å². The van der Waals surface area contributed by atoms with Crippen molar-refractivity contribution in [1.82, 2.24) is 15.1 Å². The summed E-state index contributed by atoms with van der Waals surface area (Å²) < 4.78 is 23.9. The molecule has 1 N–H and O–H groups in total. The van der Waals surface area contributed by atoms with Gasteiger partial charge >= 0.3 is 0 Å². The van der Waals surface area contributed by atoms with Crippen LogP contribution in [-0.2, 0) is 13.2 Å². The van der Waals surface area contributed by atoms with Gasteiger partial charge in [0.25, 0.3) is 0 Å². The van der Waals surface area contributed by atoms with Crippen LogP contribution in [0.3, 0.4) is 0 Å². The van der Waals surface area contributed by atoms with Gasteiger partial charge < -0.3 is 9.47 Å². The summed E-state index contributed by atoms with van der Waals surface area (Å²) in [4.78, 5) is 2.45. The Morgan fingerprint density at radius 1 is 1.14 bits per heavy atom. The molecular weight excluding hydrogens is 357 g/mol. The maximum Gasteiger partial charge on any atom is 0.130 e. The zero-order valence-electron chi connectivity index (χ0n) is 15.9. The molecule has 3 aromatic rings. The van der Waals surface area contributed by atoms with Crippen LogP contribution in [0, 0.1) is 5.82 Å². The number of benzene rings is 2. The van der Waals surface area contributed by atoms with E-state index >= 15 is 0 Å². The lowest BCUT2D eigenvalue weighted by atomic mass is 10.1. The summed E-state index contributed by atoms with van der Waals surface area (Å²) in [6.45, 7) is 3.34. The summed E-state index contributed by atoms with van der Waals surface area (Å²) in [7, 11) is 1.69. The molecule has 0 bridgehead atoms. The predicted octanol–water partition coefficient (Wildman–Crippen LogP) is 4.13. The molecule has 1 aliphatic heterocycles. The highest BCUT2D eigenvalue weighted by Crippen LogP contribution is 2.28. The van der Waals surface area contributed by atoms with Crippen LogP contribution in [0.5, 0.6) is 11.5 Å². The van der Waals surface area contributed by atoms with Crippen molar-refractivity contribution in [2.24, 2.45) is 0 Å². The zero-order valence-corrected chi connectivity index (χ0v) is 15.9. The number of nitrogens with zero attached hydrogens (tertiary/aromatic N) is 2. The van der Waals surface area contributed by atoms with Gasteiger partial charge in [0.1, 0.15) is 23.9 Å². The topological polar surface area (TPSA) is 50.4 Å². The van der Waals surface area contributed by atoms with Crippen LogP contribution in [0.25, 0.3) is 0 Å². The molecule has 0 amide bonds. The molecule has 1 atom stereocenters. The highest BCUT2D eigenvalue weighted by molar-refractivity contribution is 5.28. The van der Waals surface area contributed by atoms with Crippen LogP contribution in [0.1, 0.15) is 29.3 Å². The first-order valence-corrected chi connectivity index (χ1v) is 9.47. The normalized spacial score (nSPS) is 17.0. The van der Waals surface area contributed by atoms with E-state index in [1.807, 2.05) is 12.1 Å². The Kier molecular flexibility index (Phi) is 5.58. The predicted molar refractivity (Wildman–Crippen MR) is 105 cm³/mol. The minimum absolute atomic E-state index is 0.268. The molecule has 0 unspecified atom stereocenters. The lowest BCUT2D eigenvalue weighted by Gasteiger charge is -2.16. The van der Waals surface area contributed by atoms with E-state index in [9.17, 15) is 4.39 Å². The number of aromatic amines is 1. The number of methoxy groups -OCH3 is 1. The summed E-state index contributed by atoms with van der Waals surface area (Å²) in [5.74, 6) is 1.69.